The Kier molecular flexibility index (Phi) is 5.11. The van der Waals surface area contributed by atoms with E-state index in [0.29, 0.717) is 36.5 Å². The molecule has 1 unspecified atom stereocenters. The van der Waals surface area contributed by atoms with Gasteiger partial charge in [0.2, 0.25) is 5.89 Å². The fourth-order valence-corrected chi connectivity index (χ4v) is 4.65. The predicted molar refractivity (Wildman–Crippen MR) is 103 cm³/mol. The summed E-state index contributed by atoms with van der Waals surface area (Å²) in [4.78, 5) is 17.1. The summed E-state index contributed by atoms with van der Waals surface area (Å²) in [6.45, 7) is 5.29. The summed E-state index contributed by atoms with van der Waals surface area (Å²) >= 11 is 1.64. The maximum Gasteiger partial charge on any atom is 0.283 e. The van der Waals surface area contributed by atoms with E-state index in [9.17, 15) is 4.79 Å². The van der Waals surface area contributed by atoms with Gasteiger partial charge in [-0.3, -0.25) is 4.79 Å². The molecule has 27 heavy (non-hydrogen) atoms. The lowest BCUT2D eigenvalue weighted by Crippen LogP contribution is -2.30. The maximum atomic E-state index is 13.1. The number of carbonyl (C=O) groups excluding carboxylic acids is 1. The van der Waals surface area contributed by atoms with Crippen molar-refractivity contribution in [1.29, 1.82) is 0 Å². The summed E-state index contributed by atoms with van der Waals surface area (Å²) in [5.41, 5.74) is 1.34. The smallest absolute Gasteiger partial charge is 0.283 e. The second-order valence-electron chi connectivity index (χ2n) is 7.11. The highest BCUT2D eigenvalue weighted by Crippen LogP contribution is 2.33. The van der Waals surface area contributed by atoms with Gasteiger partial charge in [-0.2, -0.15) is 0 Å². The summed E-state index contributed by atoms with van der Waals surface area (Å²) in [7, 11) is 0. The van der Waals surface area contributed by atoms with Gasteiger partial charge >= 0.3 is 0 Å². The number of aromatic nitrogens is 2. The van der Waals surface area contributed by atoms with Crippen molar-refractivity contribution in [3.05, 3.63) is 45.7 Å². The highest BCUT2D eigenvalue weighted by atomic mass is 32.1. The monoisotopic (exact) mass is 385 g/mol. The van der Waals surface area contributed by atoms with Crippen molar-refractivity contribution in [3.63, 3.8) is 0 Å². The number of nitrogens with zero attached hydrogens (tertiary/aromatic N) is 3. The fourth-order valence-electron chi connectivity index (χ4n) is 3.47. The summed E-state index contributed by atoms with van der Waals surface area (Å²) in [5, 5.41) is 8.10. The lowest BCUT2D eigenvalue weighted by atomic mass is 9.90. The van der Waals surface area contributed by atoms with Gasteiger partial charge in [0, 0.05) is 11.4 Å². The van der Waals surface area contributed by atoms with E-state index < -0.39 is 0 Å². The van der Waals surface area contributed by atoms with Crippen molar-refractivity contribution in [2.24, 2.45) is 5.92 Å². The molecule has 7 heteroatoms. The van der Waals surface area contributed by atoms with Crippen LogP contribution < -0.4 is 0 Å². The minimum absolute atomic E-state index is 0.0432. The van der Waals surface area contributed by atoms with Gasteiger partial charge in [-0.15, -0.1) is 21.5 Å². The van der Waals surface area contributed by atoms with Gasteiger partial charge in [-0.1, -0.05) is 13.8 Å². The van der Waals surface area contributed by atoms with E-state index >= 15 is 0 Å². The van der Waals surface area contributed by atoms with E-state index in [1.807, 2.05) is 0 Å². The minimum atomic E-state index is 0.0432. The van der Waals surface area contributed by atoms with Gasteiger partial charge in [0.15, 0.2) is 5.76 Å². The molecule has 0 N–H and O–H groups in total. The zero-order chi connectivity index (χ0) is 18.8. The summed E-state index contributed by atoms with van der Waals surface area (Å²) < 4.78 is 11.0. The zero-order valence-corrected chi connectivity index (χ0v) is 16.4. The van der Waals surface area contributed by atoms with Crippen LogP contribution in [0.2, 0.25) is 0 Å². The van der Waals surface area contributed by atoms with E-state index in [1.165, 1.54) is 16.9 Å². The average molecular weight is 385 g/mol. The minimum Gasteiger partial charge on any atom is -0.459 e. The van der Waals surface area contributed by atoms with Crippen LogP contribution in [0.15, 0.2) is 33.3 Å². The molecule has 1 aliphatic carbocycles. The van der Waals surface area contributed by atoms with Gasteiger partial charge in [-0.25, -0.2) is 0 Å². The first-order valence-electron chi connectivity index (χ1n) is 9.41. The Bertz CT molecular complexity index is 913. The molecule has 1 amide bonds. The maximum absolute atomic E-state index is 13.1. The van der Waals surface area contributed by atoms with Crippen LogP contribution in [0, 0.1) is 5.92 Å². The van der Waals surface area contributed by atoms with Crippen LogP contribution in [0.1, 0.15) is 52.7 Å². The molecule has 0 saturated heterocycles. The summed E-state index contributed by atoms with van der Waals surface area (Å²) in [6, 6.07) is 5.62. The zero-order valence-electron chi connectivity index (χ0n) is 15.6. The van der Waals surface area contributed by atoms with Crippen molar-refractivity contribution in [3.8, 4) is 11.7 Å². The Balaban J connectivity index is 1.51. The second-order valence-corrected chi connectivity index (χ2v) is 8.25. The Morgan fingerprint density at radius 1 is 1.41 bits per heavy atom. The van der Waals surface area contributed by atoms with Crippen molar-refractivity contribution in [2.45, 2.75) is 46.1 Å². The molecule has 142 valence electrons. The quantitative estimate of drug-likeness (QED) is 0.621. The first kappa shape index (κ1) is 18.0. The van der Waals surface area contributed by atoms with Crippen LogP contribution in [0.25, 0.3) is 11.7 Å². The third-order valence-corrected chi connectivity index (χ3v) is 6.07. The lowest BCUT2D eigenvalue weighted by molar-refractivity contribution is 0.0733. The third-order valence-electron chi connectivity index (χ3n) is 4.85. The Hall–Kier alpha value is -2.41. The summed E-state index contributed by atoms with van der Waals surface area (Å²) in [5.74, 6) is 2.02. The number of carbonyl (C=O) groups is 1. The van der Waals surface area contributed by atoms with Crippen LogP contribution in [0.3, 0.4) is 0 Å². The number of thiophene rings is 1. The molecule has 3 aromatic rings. The summed E-state index contributed by atoms with van der Waals surface area (Å²) in [6.07, 6.45) is 5.79. The van der Waals surface area contributed by atoms with Gasteiger partial charge in [0.05, 0.1) is 17.7 Å². The first-order chi connectivity index (χ1) is 13.1. The molecule has 1 aliphatic rings. The number of hydrogen-bond acceptors (Lipinski definition) is 6. The molecule has 1 atom stereocenters. The topological polar surface area (TPSA) is 72.4 Å². The molecule has 0 saturated carbocycles. The molecular formula is C20H23N3O3S. The first-order valence-corrected chi connectivity index (χ1v) is 10.2. The SMILES string of the molecule is CCCN(Cc1nnc(-c2ccco2)o1)C(=O)c1cc2c(s1)CCC(C)C2. The standard InChI is InChI=1S/C20H23N3O3S/c1-3-8-23(12-18-21-22-19(26-18)15-5-4-9-25-15)20(24)17-11-14-10-13(2)6-7-16(14)27-17/h4-5,9,11,13H,3,6-8,10,12H2,1-2H3. The van der Waals surface area contributed by atoms with Crippen molar-refractivity contribution in [1.82, 2.24) is 15.1 Å². The number of rotatable bonds is 6. The van der Waals surface area contributed by atoms with E-state index in [2.05, 4.69) is 30.1 Å². The largest absolute Gasteiger partial charge is 0.459 e. The van der Waals surface area contributed by atoms with Crippen LogP contribution in [0.5, 0.6) is 0 Å². The van der Waals surface area contributed by atoms with E-state index in [4.69, 9.17) is 8.83 Å². The number of amides is 1. The predicted octanol–water partition coefficient (Wildman–Crippen LogP) is 4.57. The Labute approximate surface area is 162 Å². The van der Waals surface area contributed by atoms with Crippen LogP contribution in [-0.4, -0.2) is 27.5 Å². The molecular weight excluding hydrogens is 362 g/mol. The molecule has 0 spiro atoms. The molecule has 0 bridgehead atoms. The van der Waals surface area contributed by atoms with Gasteiger partial charge < -0.3 is 13.7 Å². The molecule has 3 aromatic heterocycles. The molecule has 0 radical (unpaired) electrons. The second kappa shape index (κ2) is 7.68. The van der Waals surface area contributed by atoms with E-state index in [0.717, 1.165) is 24.1 Å². The Morgan fingerprint density at radius 2 is 2.30 bits per heavy atom. The van der Waals surface area contributed by atoms with Crippen LogP contribution in [-0.2, 0) is 19.4 Å². The molecule has 6 nitrogen and oxygen atoms in total. The fraction of sp³-hybridized carbons (Fsp3) is 0.450. The molecule has 0 aliphatic heterocycles. The highest BCUT2D eigenvalue weighted by molar-refractivity contribution is 7.14. The lowest BCUT2D eigenvalue weighted by Gasteiger charge is -2.19. The number of furan rings is 1. The van der Waals surface area contributed by atoms with Crippen molar-refractivity contribution in [2.75, 3.05) is 6.54 Å². The third kappa shape index (κ3) is 3.83. The number of fused-ring (bicyclic) bond motifs is 1. The molecule has 3 heterocycles. The number of aryl methyl sites for hydroxylation is 1. The highest BCUT2D eigenvalue weighted by Gasteiger charge is 2.24. The van der Waals surface area contributed by atoms with Gasteiger partial charge in [-0.05, 0) is 55.4 Å². The van der Waals surface area contributed by atoms with Crippen molar-refractivity contribution < 1.29 is 13.6 Å². The molecule has 4 rings (SSSR count). The normalized spacial score (nSPS) is 16.3. The average Bonchev–Trinajstić information content (AvgIpc) is 3.40. The van der Waals surface area contributed by atoms with Crippen molar-refractivity contribution >= 4 is 17.2 Å². The van der Waals surface area contributed by atoms with Gasteiger partial charge in [0.1, 0.15) is 0 Å². The van der Waals surface area contributed by atoms with Gasteiger partial charge in [0.25, 0.3) is 11.8 Å². The van der Waals surface area contributed by atoms with E-state index in [1.54, 1.807) is 34.6 Å². The molecule has 0 fully saturated rings. The van der Waals surface area contributed by atoms with Crippen LogP contribution in [0.4, 0.5) is 0 Å². The van der Waals surface area contributed by atoms with E-state index in [-0.39, 0.29) is 5.91 Å². The Morgan fingerprint density at radius 3 is 3.07 bits per heavy atom. The van der Waals surface area contributed by atoms with Crippen LogP contribution >= 0.6 is 11.3 Å². The molecule has 0 aromatic carbocycles. The number of hydrogen-bond donors (Lipinski definition) is 0.